The molecule has 106 valence electrons. The van der Waals surface area contributed by atoms with Crippen LogP contribution in [0.3, 0.4) is 0 Å². The Bertz CT molecular complexity index is 592. The molecule has 0 spiro atoms. The molecule has 1 atom stereocenters. The van der Waals surface area contributed by atoms with Gasteiger partial charge in [0.25, 0.3) is 5.91 Å². The van der Waals surface area contributed by atoms with E-state index in [1.165, 1.54) is 0 Å². The van der Waals surface area contributed by atoms with Gasteiger partial charge in [-0.1, -0.05) is 6.92 Å². The average molecular weight is 274 g/mol. The average Bonchev–Trinajstić information content (AvgIpc) is 2.96. The summed E-state index contributed by atoms with van der Waals surface area (Å²) < 4.78 is 10.8. The van der Waals surface area contributed by atoms with E-state index in [1.807, 2.05) is 19.9 Å². The summed E-state index contributed by atoms with van der Waals surface area (Å²) in [6, 6.07) is 7.13. The maximum absolute atomic E-state index is 12.0. The summed E-state index contributed by atoms with van der Waals surface area (Å²) in [4.78, 5) is 16.1. The number of ether oxygens (including phenoxy) is 1. The van der Waals surface area contributed by atoms with Gasteiger partial charge >= 0.3 is 0 Å². The zero-order valence-electron chi connectivity index (χ0n) is 11.8. The van der Waals surface area contributed by atoms with Gasteiger partial charge in [0.05, 0.1) is 12.7 Å². The molecule has 0 bridgehead atoms. The van der Waals surface area contributed by atoms with Crippen LogP contribution in [0, 0.1) is 0 Å². The quantitative estimate of drug-likeness (QED) is 0.910. The fraction of sp³-hybridized carbons (Fsp3) is 0.333. The van der Waals surface area contributed by atoms with Crippen molar-refractivity contribution in [3.05, 3.63) is 36.2 Å². The minimum absolute atomic E-state index is 0.115. The van der Waals surface area contributed by atoms with Crippen LogP contribution in [0.2, 0.25) is 0 Å². The largest absolute Gasteiger partial charge is 0.480 e. The molecule has 0 radical (unpaired) electrons. The Morgan fingerprint density at radius 1 is 1.45 bits per heavy atom. The maximum atomic E-state index is 12.0. The van der Waals surface area contributed by atoms with E-state index in [1.54, 1.807) is 31.5 Å². The Hall–Kier alpha value is -2.30. The highest BCUT2D eigenvalue weighted by Gasteiger charge is 2.16. The van der Waals surface area contributed by atoms with Crippen LogP contribution in [-0.2, 0) is 0 Å². The van der Waals surface area contributed by atoms with Gasteiger partial charge in [0.1, 0.15) is 5.76 Å². The first-order valence-corrected chi connectivity index (χ1v) is 6.55. The predicted octanol–water partition coefficient (Wildman–Crippen LogP) is 2.88. The number of carbonyl (C=O) groups is 1. The number of rotatable bonds is 5. The second-order valence-electron chi connectivity index (χ2n) is 4.51. The zero-order valence-corrected chi connectivity index (χ0v) is 11.8. The molecule has 1 amide bonds. The Balaban J connectivity index is 2.22. The standard InChI is InChI=1S/C15H18N2O3/c1-4-10(2)17-14(18)13-8-7-12(20-13)11-6-5-9-16-15(11)19-3/h5-10H,4H2,1-3H3,(H,17,18). The molecule has 2 aromatic rings. The van der Waals surface area contributed by atoms with Crippen LogP contribution in [0.5, 0.6) is 5.88 Å². The van der Waals surface area contributed by atoms with Crippen LogP contribution in [-0.4, -0.2) is 24.0 Å². The van der Waals surface area contributed by atoms with Crippen LogP contribution in [0.1, 0.15) is 30.8 Å². The molecule has 5 nitrogen and oxygen atoms in total. The topological polar surface area (TPSA) is 64.4 Å². The van der Waals surface area contributed by atoms with Gasteiger partial charge in [0, 0.05) is 12.2 Å². The minimum Gasteiger partial charge on any atom is -0.480 e. The van der Waals surface area contributed by atoms with Gasteiger partial charge in [-0.3, -0.25) is 4.79 Å². The number of methoxy groups -OCH3 is 1. The van der Waals surface area contributed by atoms with Crippen molar-refractivity contribution in [1.29, 1.82) is 0 Å². The first-order chi connectivity index (χ1) is 9.65. The molecule has 5 heteroatoms. The molecule has 2 rings (SSSR count). The van der Waals surface area contributed by atoms with Gasteiger partial charge in [-0.2, -0.15) is 0 Å². The summed E-state index contributed by atoms with van der Waals surface area (Å²) in [6.45, 7) is 3.96. The molecule has 1 unspecified atom stereocenters. The fourth-order valence-corrected chi connectivity index (χ4v) is 1.74. The summed E-state index contributed by atoms with van der Waals surface area (Å²) in [5.74, 6) is 1.10. The molecule has 0 aliphatic carbocycles. The molecule has 0 aromatic carbocycles. The van der Waals surface area contributed by atoms with Crippen LogP contribution < -0.4 is 10.1 Å². The lowest BCUT2D eigenvalue weighted by Crippen LogP contribution is -2.31. The Morgan fingerprint density at radius 2 is 2.25 bits per heavy atom. The summed E-state index contributed by atoms with van der Waals surface area (Å²) >= 11 is 0. The van der Waals surface area contributed by atoms with E-state index in [0.717, 1.165) is 12.0 Å². The molecular weight excluding hydrogens is 256 g/mol. The first-order valence-electron chi connectivity index (χ1n) is 6.55. The van der Waals surface area contributed by atoms with E-state index in [9.17, 15) is 4.79 Å². The lowest BCUT2D eigenvalue weighted by atomic mass is 10.2. The molecular formula is C15H18N2O3. The second-order valence-corrected chi connectivity index (χ2v) is 4.51. The summed E-state index contributed by atoms with van der Waals surface area (Å²) in [5, 5.41) is 2.86. The van der Waals surface area contributed by atoms with E-state index in [4.69, 9.17) is 9.15 Å². The van der Waals surface area contributed by atoms with Crippen molar-refractivity contribution in [3.63, 3.8) is 0 Å². The van der Waals surface area contributed by atoms with Gasteiger partial charge in [-0.25, -0.2) is 4.98 Å². The van der Waals surface area contributed by atoms with E-state index < -0.39 is 0 Å². The van der Waals surface area contributed by atoms with Crippen molar-refractivity contribution in [2.75, 3.05) is 7.11 Å². The number of nitrogens with one attached hydrogen (secondary N) is 1. The number of amides is 1. The van der Waals surface area contributed by atoms with Crippen LogP contribution in [0.15, 0.2) is 34.9 Å². The highest BCUT2D eigenvalue weighted by molar-refractivity contribution is 5.92. The van der Waals surface area contributed by atoms with Crippen LogP contribution in [0.4, 0.5) is 0 Å². The minimum atomic E-state index is -0.214. The SMILES string of the molecule is CCC(C)NC(=O)c1ccc(-c2cccnc2OC)o1. The fourth-order valence-electron chi connectivity index (χ4n) is 1.74. The number of hydrogen-bond donors (Lipinski definition) is 1. The molecule has 1 N–H and O–H groups in total. The number of pyridine rings is 1. The molecule has 20 heavy (non-hydrogen) atoms. The number of furan rings is 1. The van der Waals surface area contributed by atoms with Gasteiger partial charge in [0.15, 0.2) is 5.76 Å². The molecule has 0 aliphatic heterocycles. The second kappa shape index (κ2) is 6.23. The van der Waals surface area contributed by atoms with Crippen molar-refractivity contribution < 1.29 is 13.9 Å². The summed E-state index contributed by atoms with van der Waals surface area (Å²) in [5.41, 5.74) is 0.720. The lowest BCUT2D eigenvalue weighted by Gasteiger charge is -2.09. The first kappa shape index (κ1) is 14.1. The summed E-state index contributed by atoms with van der Waals surface area (Å²) in [7, 11) is 1.55. The zero-order chi connectivity index (χ0) is 14.5. The molecule has 0 fully saturated rings. The predicted molar refractivity (Wildman–Crippen MR) is 75.7 cm³/mol. The van der Waals surface area contributed by atoms with E-state index >= 15 is 0 Å². The van der Waals surface area contributed by atoms with Gasteiger partial charge in [-0.15, -0.1) is 0 Å². The van der Waals surface area contributed by atoms with Gasteiger partial charge in [-0.05, 0) is 37.6 Å². The van der Waals surface area contributed by atoms with Crippen molar-refractivity contribution in [1.82, 2.24) is 10.3 Å². The molecule has 2 aromatic heterocycles. The smallest absolute Gasteiger partial charge is 0.287 e. The molecule has 0 aliphatic rings. The van der Waals surface area contributed by atoms with Crippen molar-refractivity contribution in [3.8, 4) is 17.2 Å². The Labute approximate surface area is 118 Å². The number of aromatic nitrogens is 1. The third-order valence-corrected chi connectivity index (χ3v) is 3.05. The third kappa shape index (κ3) is 2.99. The van der Waals surface area contributed by atoms with Crippen LogP contribution in [0.25, 0.3) is 11.3 Å². The van der Waals surface area contributed by atoms with Gasteiger partial charge in [0.2, 0.25) is 5.88 Å². The van der Waals surface area contributed by atoms with Crippen molar-refractivity contribution in [2.45, 2.75) is 26.3 Å². The highest BCUT2D eigenvalue weighted by atomic mass is 16.5. The maximum Gasteiger partial charge on any atom is 0.287 e. The van der Waals surface area contributed by atoms with Crippen molar-refractivity contribution in [2.24, 2.45) is 0 Å². The van der Waals surface area contributed by atoms with Gasteiger partial charge < -0.3 is 14.5 Å². The highest BCUT2D eigenvalue weighted by Crippen LogP contribution is 2.29. The Kier molecular flexibility index (Phi) is 4.40. The van der Waals surface area contributed by atoms with Crippen LogP contribution >= 0.6 is 0 Å². The third-order valence-electron chi connectivity index (χ3n) is 3.05. The van der Waals surface area contributed by atoms with Crippen molar-refractivity contribution >= 4 is 5.91 Å². The lowest BCUT2D eigenvalue weighted by molar-refractivity contribution is 0.0912. The Morgan fingerprint density at radius 3 is 2.95 bits per heavy atom. The number of hydrogen-bond acceptors (Lipinski definition) is 4. The molecule has 0 saturated heterocycles. The molecule has 2 heterocycles. The van der Waals surface area contributed by atoms with E-state index in [2.05, 4.69) is 10.3 Å². The normalized spacial score (nSPS) is 11.9. The monoisotopic (exact) mass is 274 g/mol. The van der Waals surface area contributed by atoms with E-state index in [0.29, 0.717) is 11.6 Å². The molecule has 0 saturated carbocycles. The summed E-state index contributed by atoms with van der Waals surface area (Å²) in [6.07, 6.45) is 2.51. The number of carbonyl (C=O) groups excluding carboxylic acids is 1. The van der Waals surface area contributed by atoms with E-state index in [-0.39, 0.29) is 17.7 Å². The number of nitrogens with zero attached hydrogens (tertiary/aromatic N) is 1.